The molecule has 5 rings (SSSR count). The minimum atomic E-state index is -0.0814. The lowest BCUT2D eigenvalue weighted by Crippen LogP contribution is -2.23. The van der Waals surface area contributed by atoms with Crippen molar-refractivity contribution in [3.63, 3.8) is 0 Å². The lowest BCUT2D eigenvalue weighted by Gasteiger charge is -2.12. The standard InChI is InChI=1S/C24H26N4O2S2/c1-3-4-5-12-27-23(30)21-17-9-7-10-18(17)32-22(21)26-24(27)31-14-16-13-20(29)28-15(2)8-6-11-19(28)25-16/h6,8,11,13H,3-5,7,9-10,12,14H2,1-2H3. The second-order valence-electron chi connectivity index (χ2n) is 8.33. The largest absolute Gasteiger partial charge is 0.287 e. The van der Waals surface area contributed by atoms with E-state index >= 15 is 0 Å². The van der Waals surface area contributed by atoms with E-state index in [2.05, 4.69) is 11.9 Å². The fraction of sp³-hybridized carbons (Fsp3) is 0.417. The van der Waals surface area contributed by atoms with Gasteiger partial charge < -0.3 is 0 Å². The molecule has 1 aliphatic carbocycles. The summed E-state index contributed by atoms with van der Waals surface area (Å²) in [5.41, 5.74) is 3.45. The van der Waals surface area contributed by atoms with E-state index in [-0.39, 0.29) is 11.1 Å². The molecule has 8 heteroatoms. The van der Waals surface area contributed by atoms with Gasteiger partial charge in [0.05, 0.1) is 11.1 Å². The van der Waals surface area contributed by atoms with Crippen molar-refractivity contribution < 1.29 is 0 Å². The molecule has 32 heavy (non-hydrogen) atoms. The second kappa shape index (κ2) is 8.83. The maximum atomic E-state index is 13.5. The Morgan fingerprint density at radius 2 is 2.03 bits per heavy atom. The average molecular weight is 467 g/mol. The molecule has 1 aliphatic rings. The van der Waals surface area contributed by atoms with Crippen LogP contribution in [0.25, 0.3) is 15.9 Å². The van der Waals surface area contributed by atoms with Crippen molar-refractivity contribution in [1.29, 1.82) is 0 Å². The molecule has 0 radical (unpaired) electrons. The molecular formula is C24H26N4O2S2. The number of hydrogen-bond acceptors (Lipinski definition) is 6. The van der Waals surface area contributed by atoms with Gasteiger partial charge in [-0.2, -0.15) is 0 Å². The maximum Gasteiger partial charge on any atom is 0.263 e. The zero-order chi connectivity index (χ0) is 22.2. The molecule has 0 aromatic carbocycles. The third-order valence-electron chi connectivity index (χ3n) is 6.06. The van der Waals surface area contributed by atoms with Crippen molar-refractivity contribution in [1.82, 2.24) is 18.9 Å². The highest BCUT2D eigenvalue weighted by atomic mass is 32.2. The molecule has 0 amide bonds. The Balaban J connectivity index is 1.52. The SMILES string of the molecule is CCCCCn1c(SCc2cc(=O)n3c(C)cccc3n2)nc2sc3c(c2c1=O)CCC3. The molecule has 0 saturated carbocycles. The molecule has 4 aromatic rings. The summed E-state index contributed by atoms with van der Waals surface area (Å²) in [6, 6.07) is 7.24. The fourth-order valence-corrected chi connectivity index (χ4v) is 6.68. The van der Waals surface area contributed by atoms with Gasteiger partial charge in [-0.05, 0) is 50.3 Å². The van der Waals surface area contributed by atoms with Crippen molar-refractivity contribution in [3.05, 3.63) is 66.8 Å². The smallest absolute Gasteiger partial charge is 0.263 e. The Morgan fingerprint density at radius 1 is 1.16 bits per heavy atom. The molecular weight excluding hydrogens is 440 g/mol. The molecule has 0 atom stereocenters. The number of hydrogen-bond donors (Lipinski definition) is 0. The quantitative estimate of drug-likeness (QED) is 0.223. The lowest BCUT2D eigenvalue weighted by atomic mass is 10.2. The summed E-state index contributed by atoms with van der Waals surface area (Å²) in [6.07, 6.45) is 6.31. The van der Waals surface area contributed by atoms with Crippen LogP contribution in [0.3, 0.4) is 0 Å². The zero-order valence-electron chi connectivity index (χ0n) is 18.4. The van der Waals surface area contributed by atoms with Crippen LogP contribution in [-0.4, -0.2) is 18.9 Å². The Morgan fingerprint density at radius 3 is 2.88 bits per heavy atom. The van der Waals surface area contributed by atoms with Gasteiger partial charge in [0.25, 0.3) is 11.1 Å². The highest BCUT2D eigenvalue weighted by molar-refractivity contribution is 7.98. The number of aromatic nitrogens is 4. The molecule has 6 nitrogen and oxygen atoms in total. The highest BCUT2D eigenvalue weighted by Crippen LogP contribution is 2.36. The second-order valence-corrected chi connectivity index (χ2v) is 10.4. The molecule has 0 bridgehead atoms. The van der Waals surface area contributed by atoms with Gasteiger partial charge in [-0.15, -0.1) is 11.3 Å². The number of unbranched alkanes of at least 4 members (excludes halogenated alkanes) is 2. The molecule has 4 aromatic heterocycles. The van der Waals surface area contributed by atoms with Gasteiger partial charge in [0.1, 0.15) is 10.5 Å². The molecule has 166 valence electrons. The van der Waals surface area contributed by atoms with Gasteiger partial charge in [-0.25, -0.2) is 9.97 Å². The first kappa shape index (κ1) is 21.4. The minimum absolute atomic E-state index is 0.0814. The third-order valence-corrected chi connectivity index (χ3v) is 8.25. The maximum absolute atomic E-state index is 13.5. The van der Waals surface area contributed by atoms with Crippen LogP contribution in [0.1, 0.15) is 54.4 Å². The predicted octanol–water partition coefficient (Wildman–Crippen LogP) is 4.75. The van der Waals surface area contributed by atoms with Crippen molar-refractivity contribution in [3.8, 4) is 0 Å². The Labute approximate surface area is 194 Å². The topological polar surface area (TPSA) is 69.3 Å². The molecule has 0 aliphatic heterocycles. The summed E-state index contributed by atoms with van der Waals surface area (Å²) in [5, 5.41) is 1.56. The van der Waals surface area contributed by atoms with Crippen molar-refractivity contribution in [2.75, 3.05) is 0 Å². The first-order valence-corrected chi connectivity index (χ1v) is 13.0. The van der Waals surface area contributed by atoms with Gasteiger partial charge in [-0.1, -0.05) is 37.6 Å². The van der Waals surface area contributed by atoms with Gasteiger partial charge in [0.15, 0.2) is 5.16 Å². The number of aryl methyl sites for hydroxylation is 3. The average Bonchev–Trinajstić information content (AvgIpc) is 3.35. The summed E-state index contributed by atoms with van der Waals surface area (Å²) >= 11 is 3.17. The van der Waals surface area contributed by atoms with Crippen LogP contribution < -0.4 is 11.1 Å². The van der Waals surface area contributed by atoms with Gasteiger partial charge in [0, 0.05) is 28.9 Å². The highest BCUT2D eigenvalue weighted by Gasteiger charge is 2.23. The van der Waals surface area contributed by atoms with Crippen LogP contribution in [0.4, 0.5) is 0 Å². The van der Waals surface area contributed by atoms with Gasteiger partial charge in [-0.3, -0.25) is 18.6 Å². The number of rotatable bonds is 7. The number of fused-ring (bicyclic) bond motifs is 4. The van der Waals surface area contributed by atoms with E-state index in [1.807, 2.05) is 29.7 Å². The van der Waals surface area contributed by atoms with E-state index in [9.17, 15) is 9.59 Å². The molecule has 0 unspecified atom stereocenters. The fourth-order valence-electron chi connectivity index (χ4n) is 4.46. The first-order valence-electron chi connectivity index (χ1n) is 11.2. The van der Waals surface area contributed by atoms with E-state index in [1.165, 1.54) is 22.2 Å². The summed E-state index contributed by atoms with van der Waals surface area (Å²) in [5.74, 6) is 0.497. The molecule has 0 N–H and O–H groups in total. The number of thioether (sulfide) groups is 1. The van der Waals surface area contributed by atoms with Crippen molar-refractivity contribution in [2.24, 2.45) is 0 Å². The van der Waals surface area contributed by atoms with Crippen LogP contribution in [0, 0.1) is 6.92 Å². The zero-order valence-corrected chi connectivity index (χ0v) is 20.0. The van der Waals surface area contributed by atoms with Crippen LogP contribution in [0.2, 0.25) is 0 Å². The van der Waals surface area contributed by atoms with Crippen LogP contribution in [-0.2, 0) is 25.1 Å². The molecule has 0 saturated heterocycles. The summed E-state index contributed by atoms with van der Waals surface area (Å²) < 4.78 is 3.47. The molecule has 0 fully saturated rings. The van der Waals surface area contributed by atoms with E-state index < -0.39 is 0 Å². The van der Waals surface area contributed by atoms with Crippen LogP contribution >= 0.6 is 23.1 Å². The summed E-state index contributed by atoms with van der Waals surface area (Å²) in [6.45, 7) is 4.74. The van der Waals surface area contributed by atoms with E-state index in [1.54, 1.807) is 21.8 Å². The van der Waals surface area contributed by atoms with Crippen molar-refractivity contribution >= 4 is 39.0 Å². The monoisotopic (exact) mass is 466 g/mol. The van der Waals surface area contributed by atoms with E-state index in [0.717, 1.165) is 59.6 Å². The third kappa shape index (κ3) is 3.79. The van der Waals surface area contributed by atoms with E-state index in [0.29, 0.717) is 23.6 Å². The van der Waals surface area contributed by atoms with Gasteiger partial charge in [0.2, 0.25) is 0 Å². The molecule has 0 spiro atoms. The predicted molar refractivity (Wildman–Crippen MR) is 131 cm³/mol. The van der Waals surface area contributed by atoms with Crippen LogP contribution in [0.15, 0.2) is 39.0 Å². The molecule has 4 heterocycles. The Kier molecular flexibility index (Phi) is 5.90. The minimum Gasteiger partial charge on any atom is -0.287 e. The lowest BCUT2D eigenvalue weighted by molar-refractivity contribution is 0.542. The summed E-state index contributed by atoms with van der Waals surface area (Å²) in [7, 11) is 0. The summed E-state index contributed by atoms with van der Waals surface area (Å²) in [4.78, 5) is 37.9. The Hall–Kier alpha value is -2.45. The Bertz CT molecular complexity index is 1430. The normalized spacial score (nSPS) is 13.3. The van der Waals surface area contributed by atoms with E-state index in [4.69, 9.17) is 4.98 Å². The van der Waals surface area contributed by atoms with Gasteiger partial charge >= 0.3 is 0 Å². The number of pyridine rings is 1. The van der Waals surface area contributed by atoms with Crippen LogP contribution in [0.5, 0.6) is 0 Å². The van der Waals surface area contributed by atoms with Crippen molar-refractivity contribution in [2.45, 2.75) is 69.8 Å². The first-order chi connectivity index (χ1) is 15.6. The number of nitrogens with zero attached hydrogens (tertiary/aromatic N) is 4. The number of thiophene rings is 1.